The van der Waals surface area contributed by atoms with Crippen molar-refractivity contribution in [2.45, 2.75) is 50.5 Å². The van der Waals surface area contributed by atoms with E-state index in [0.717, 1.165) is 10.4 Å². The molecule has 2 unspecified atom stereocenters. The highest BCUT2D eigenvalue weighted by Crippen LogP contribution is 2.36. The molecule has 0 N–H and O–H groups in total. The molecule has 0 radical (unpaired) electrons. The van der Waals surface area contributed by atoms with Crippen LogP contribution in [0.25, 0.3) is 0 Å². The van der Waals surface area contributed by atoms with Crippen LogP contribution in [-0.2, 0) is 5.33 Å². The second-order valence-electron chi connectivity index (χ2n) is 4.82. The average Bonchev–Trinajstić information content (AvgIpc) is 2.70. The lowest BCUT2D eigenvalue weighted by Gasteiger charge is -2.31. The fourth-order valence-corrected chi connectivity index (χ4v) is 3.40. The van der Waals surface area contributed by atoms with Crippen LogP contribution in [0.1, 0.15) is 38.7 Å². The minimum atomic E-state index is 0.604. The zero-order valence-corrected chi connectivity index (χ0v) is 12.8. The van der Waals surface area contributed by atoms with Gasteiger partial charge in [-0.1, -0.05) is 40.5 Å². The second kappa shape index (κ2) is 5.62. The molecule has 1 saturated heterocycles. The number of hydrogen-bond acceptors (Lipinski definition) is 1. The molecule has 1 aromatic carbocycles. The summed E-state index contributed by atoms with van der Waals surface area (Å²) >= 11 is 9.88. The summed E-state index contributed by atoms with van der Waals surface area (Å²) in [6.45, 7) is 4.56. The Balaban J connectivity index is 2.32. The van der Waals surface area contributed by atoms with Crippen LogP contribution >= 0.6 is 27.5 Å². The number of alkyl halides is 1. The van der Waals surface area contributed by atoms with E-state index in [0.29, 0.717) is 12.1 Å². The molecular formula is C14H19BrClN. The number of anilines is 1. The van der Waals surface area contributed by atoms with Crippen molar-refractivity contribution in [3.05, 3.63) is 28.8 Å². The molecular weight excluding hydrogens is 298 g/mol. The maximum absolute atomic E-state index is 6.41. The van der Waals surface area contributed by atoms with Crippen molar-refractivity contribution in [3.63, 3.8) is 0 Å². The third-order valence-corrected chi connectivity index (χ3v) is 4.65. The van der Waals surface area contributed by atoms with Gasteiger partial charge in [-0.15, -0.1) is 0 Å². The predicted molar refractivity (Wildman–Crippen MR) is 79.3 cm³/mol. The van der Waals surface area contributed by atoms with Gasteiger partial charge in [-0.2, -0.15) is 0 Å². The Bertz CT molecular complexity index is 394. The predicted octanol–water partition coefficient (Wildman–Crippen LogP) is 5.00. The normalized spacial score (nSPS) is 24.4. The van der Waals surface area contributed by atoms with E-state index in [9.17, 15) is 0 Å². The summed E-state index contributed by atoms with van der Waals surface area (Å²) in [7, 11) is 0. The number of benzene rings is 1. The second-order valence-corrected chi connectivity index (χ2v) is 5.78. The highest BCUT2D eigenvalue weighted by molar-refractivity contribution is 9.08. The number of hydrogen-bond donors (Lipinski definition) is 0. The third kappa shape index (κ3) is 2.63. The van der Waals surface area contributed by atoms with Gasteiger partial charge in [0.2, 0.25) is 0 Å². The molecule has 0 spiro atoms. The summed E-state index contributed by atoms with van der Waals surface area (Å²) in [6, 6.07) is 7.66. The fourth-order valence-electron chi connectivity index (χ4n) is 2.75. The van der Waals surface area contributed by atoms with Gasteiger partial charge < -0.3 is 4.90 Å². The van der Waals surface area contributed by atoms with Crippen molar-refractivity contribution in [3.8, 4) is 0 Å². The van der Waals surface area contributed by atoms with Crippen molar-refractivity contribution in [1.82, 2.24) is 0 Å². The van der Waals surface area contributed by atoms with Crippen LogP contribution in [0.15, 0.2) is 18.2 Å². The standard InChI is InChI=1S/C14H19BrClN/c1-3-12-6-4-10(2)17(12)14-7-5-11(9-15)8-13(14)16/h5,7-8,10,12H,3-4,6,9H2,1-2H3. The summed E-state index contributed by atoms with van der Waals surface area (Å²) < 4.78 is 0. The smallest absolute Gasteiger partial charge is 0.0642 e. The van der Waals surface area contributed by atoms with Gasteiger partial charge in [0.25, 0.3) is 0 Å². The summed E-state index contributed by atoms with van der Waals surface area (Å²) in [5.41, 5.74) is 2.44. The first-order chi connectivity index (χ1) is 8.17. The van der Waals surface area contributed by atoms with E-state index in [1.807, 2.05) is 0 Å². The summed E-state index contributed by atoms with van der Waals surface area (Å²) in [6.07, 6.45) is 3.75. The first-order valence-corrected chi connectivity index (χ1v) is 7.80. The zero-order valence-electron chi connectivity index (χ0n) is 10.4. The van der Waals surface area contributed by atoms with Crippen LogP contribution in [0.4, 0.5) is 5.69 Å². The van der Waals surface area contributed by atoms with Crippen LogP contribution in [0.2, 0.25) is 5.02 Å². The number of nitrogens with zero attached hydrogens (tertiary/aromatic N) is 1. The van der Waals surface area contributed by atoms with Gasteiger partial charge >= 0.3 is 0 Å². The molecule has 0 amide bonds. The van der Waals surface area contributed by atoms with Gasteiger partial charge in [-0.3, -0.25) is 0 Å². The Morgan fingerprint density at radius 3 is 2.76 bits per heavy atom. The van der Waals surface area contributed by atoms with E-state index in [4.69, 9.17) is 11.6 Å². The monoisotopic (exact) mass is 315 g/mol. The van der Waals surface area contributed by atoms with Crippen molar-refractivity contribution in [1.29, 1.82) is 0 Å². The van der Waals surface area contributed by atoms with Gasteiger partial charge in [0.1, 0.15) is 0 Å². The average molecular weight is 317 g/mol. The molecule has 2 atom stereocenters. The maximum Gasteiger partial charge on any atom is 0.0642 e. The van der Waals surface area contributed by atoms with Crippen LogP contribution in [0.5, 0.6) is 0 Å². The molecule has 1 aliphatic heterocycles. The Morgan fingerprint density at radius 1 is 1.41 bits per heavy atom. The van der Waals surface area contributed by atoms with E-state index < -0.39 is 0 Å². The van der Waals surface area contributed by atoms with Gasteiger partial charge in [0, 0.05) is 17.4 Å². The maximum atomic E-state index is 6.41. The molecule has 0 saturated carbocycles. The van der Waals surface area contributed by atoms with E-state index in [1.165, 1.54) is 30.5 Å². The molecule has 0 aliphatic carbocycles. The van der Waals surface area contributed by atoms with Crippen molar-refractivity contribution in [2.75, 3.05) is 4.90 Å². The molecule has 1 fully saturated rings. The zero-order chi connectivity index (χ0) is 12.4. The Morgan fingerprint density at radius 2 is 2.18 bits per heavy atom. The topological polar surface area (TPSA) is 3.24 Å². The minimum Gasteiger partial charge on any atom is -0.365 e. The molecule has 1 heterocycles. The van der Waals surface area contributed by atoms with Crippen molar-refractivity contribution < 1.29 is 0 Å². The van der Waals surface area contributed by atoms with Gasteiger partial charge in [-0.05, 0) is 43.9 Å². The largest absolute Gasteiger partial charge is 0.365 e. The molecule has 94 valence electrons. The van der Waals surface area contributed by atoms with Crippen LogP contribution in [0, 0.1) is 0 Å². The lowest BCUT2D eigenvalue weighted by atomic mass is 10.1. The first kappa shape index (κ1) is 13.2. The molecule has 3 heteroatoms. The molecule has 1 aromatic rings. The third-order valence-electron chi connectivity index (χ3n) is 3.70. The fraction of sp³-hybridized carbons (Fsp3) is 0.571. The summed E-state index contributed by atoms with van der Waals surface area (Å²) in [5.74, 6) is 0. The molecule has 2 rings (SSSR count). The molecule has 17 heavy (non-hydrogen) atoms. The minimum absolute atomic E-state index is 0.604. The Hall–Kier alpha value is -0.210. The van der Waals surface area contributed by atoms with Crippen LogP contribution in [0.3, 0.4) is 0 Å². The molecule has 1 nitrogen and oxygen atoms in total. The lowest BCUT2D eigenvalue weighted by molar-refractivity contribution is 0.628. The summed E-state index contributed by atoms with van der Waals surface area (Å²) in [4.78, 5) is 2.50. The van der Waals surface area contributed by atoms with E-state index in [-0.39, 0.29) is 0 Å². The van der Waals surface area contributed by atoms with Gasteiger partial charge in [0.05, 0.1) is 10.7 Å². The van der Waals surface area contributed by atoms with Crippen LogP contribution in [-0.4, -0.2) is 12.1 Å². The van der Waals surface area contributed by atoms with E-state index in [1.54, 1.807) is 0 Å². The van der Waals surface area contributed by atoms with Gasteiger partial charge in [-0.25, -0.2) is 0 Å². The quantitative estimate of drug-likeness (QED) is 0.709. The van der Waals surface area contributed by atoms with Crippen LogP contribution < -0.4 is 4.90 Å². The Labute approximate surface area is 117 Å². The Kier molecular flexibility index (Phi) is 4.37. The van der Waals surface area contributed by atoms with E-state index >= 15 is 0 Å². The van der Waals surface area contributed by atoms with Crippen molar-refractivity contribution in [2.24, 2.45) is 0 Å². The van der Waals surface area contributed by atoms with Gasteiger partial charge in [0.15, 0.2) is 0 Å². The molecule has 0 bridgehead atoms. The molecule has 0 aromatic heterocycles. The first-order valence-electron chi connectivity index (χ1n) is 6.30. The summed E-state index contributed by atoms with van der Waals surface area (Å²) in [5, 5.41) is 1.74. The van der Waals surface area contributed by atoms with Crippen molar-refractivity contribution >= 4 is 33.2 Å². The number of rotatable bonds is 3. The highest BCUT2D eigenvalue weighted by atomic mass is 79.9. The highest BCUT2D eigenvalue weighted by Gasteiger charge is 2.30. The molecule has 1 aliphatic rings. The van der Waals surface area contributed by atoms with E-state index in [2.05, 4.69) is 52.9 Å². The lowest BCUT2D eigenvalue weighted by Crippen LogP contribution is -2.34. The SMILES string of the molecule is CCC1CCC(C)N1c1ccc(CBr)cc1Cl. The number of halogens is 2.